The molecule has 0 saturated carbocycles. The number of anilines is 1. The van der Waals surface area contributed by atoms with E-state index < -0.39 is 0 Å². The molecule has 1 aromatic rings. The quantitative estimate of drug-likeness (QED) is 0.762. The van der Waals surface area contributed by atoms with Crippen molar-refractivity contribution < 1.29 is 9.59 Å². The molecular weight excluding hydrogens is 288 g/mol. The molecule has 116 valence electrons. The van der Waals surface area contributed by atoms with Gasteiger partial charge in [0, 0.05) is 23.9 Å². The van der Waals surface area contributed by atoms with Crippen LogP contribution in [0.3, 0.4) is 0 Å². The Hall–Kier alpha value is -1.47. The molecule has 1 aromatic heterocycles. The summed E-state index contributed by atoms with van der Waals surface area (Å²) in [5.74, 6) is -0.163. The lowest BCUT2D eigenvalue weighted by Crippen LogP contribution is -2.46. The van der Waals surface area contributed by atoms with E-state index >= 15 is 0 Å². The number of piperidine rings is 1. The van der Waals surface area contributed by atoms with E-state index in [1.54, 1.807) is 0 Å². The summed E-state index contributed by atoms with van der Waals surface area (Å²) in [5, 5.41) is 11.4. The molecular formula is C14H22N4O2S. The van der Waals surface area contributed by atoms with Crippen LogP contribution in [0.5, 0.6) is 0 Å². The summed E-state index contributed by atoms with van der Waals surface area (Å²) in [4.78, 5) is 27.8. The topological polar surface area (TPSA) is 83.1 Å². The van der Waals surface area contributed by atoms with E-state index in [1.165, 1.54) is 11.3 Å². The number of amides is 2. The third kappa shape index (κ3) is 5.09. The van der Waals surface area contributed by atoms with Gasteiger partial charge in [0.05, 0.1) is 12.1 Å². The molecule has 2 amide bonds. The van der Waals surface area contributed by atoms with Gasteiger partial charge in [-0.25, -0.2) is 4.98 Å². The number of carbonyl (C=O) groups excluding carboxylic acids is 2. The van der Waals surface area contributed by atoms with Crippen LogP contribution in [0.1, 0.15) is 32.4 Å². The van der Waals surface area contributed by atoms with Gasteiger partial charge in [-0.1, -0.05) is 13.8 Å². The number of hydrogen-bond acceptors (Lipinski definition) is 5. The molecule has 1 fully saturated rings. The summed E-state index contributed by atoms with van der Waals surface area (Å²) in [7, 11) is 0. The average Bonchev–Trinajstić information content (AvgIpc) is 2.86. The SMILES string of the molecule is CC(C)C(=O)Nc1nc(CC(=O)NC2CCCNC2)cs1. The van der Waals surface area contributed by atoms with Crippen LogP contribution < -0.4 is 16.0 Å². The first-order valence-electron chi connectivity index (χ1n) is 7.30. The van der Waals surface area contributed by atoms with Crippen molar-refractivity contribution in [1.29, 1.82) is 0 Å². The van der Waals surface area contributed by atoms with Crippen LogP contribution in [0.15, 0.2) is 5.38 Å². The van der Waals surface area contributed by atoms with Gasteiger partial charge in [0.2, 0.25) is 11.8 Å². The molecule has 1 atom stereocenters. The normalized spacial score (nSPS) is 18.5. The standard InChI is InChI=1S/C14H22N4O2S/c1-9(2)13(20)18-14-17-11(8-21-14)6-12(19)16-10-4-3-5-15-7-10/h8-10,15H,3-7H2,1-2H3,(H,16,19)(H,17,18,20). The second-order valence-electron chi connectivity index (χ2n) is 5.58. The predicted molar refractivity (Wildman–Crippen MR) is 83.3 cm³/mol. The van der Waals surface area contributed by atoms with Crippen molar-refractivity contribution in [2.45, 2.75) is 39.2 Å². The smallest absolute Gasteiger partial charge is 0.228 e. The molecule has 2 heterocycles. The Labute approximate surface area is 128 Å². The lowest BCUT2D eigenvalue weighted by Gasteiger charge is -2.23. The van der Waals surface area contributed by atoms with Crippen LogP contribution in [-0.2, 0) is 16.0 Å². The molecule has 0 spiro atoms. The molecule has 0 aromatic carbocycles. The van der Waals surface area contributed by atoms with Crippen molar-refractivity contribution in [3.63, 3.8) is 0 Å². The fourth-order valence-corrected chi connectivity index (χ4v) is 2.83. The first kappa shape index (κ1) is 15.9. The Balaban J connectivity index is 1.81. The number of hydrogen-bond donors (Lipinski definition) is 3. The molecule has 21 heavy (non-hydrogen) atoms. The monoisotopic (exact) mass is 310 g/mol. The Morgan fingerprint density at radius 1 is 1.52 bits per heavy atom. The third-order valence-electron chi connectivity index (χ3n) is 3.31. The Kier molecular flexibility index (Phi) is 5.69. The summed E-state index contributed by atoms with van der Waals surface area (Å²) in [6.07, 6.45) is 2.36. The summed E-state index contributed by atoms with van der Waals surface area (Å²) in [5.41, 5.74) is 0.695. The highest BCUT2D eigenvalue weighted by Crippen LogP contribution is 2.16. The van der Waals surface area contributed by atoms with Crippen molar-refractivity contribution in [3.8, 4) is 0 Å². The highest BCUT2D eigenvalue weighted by Gasteiger charge is 2.16. The third-order valence-corrected chi connectivity index (χ3v) is 4.12. The maximum absolute atomic E-state index is 12.0. The molecule has 6 nitrogen and oxygen atoms in total. The van der Waals surface area contributed by atoms with Crippen LogP contribution >= 0.6 is 11.3 Å². The molecule has 0 bridgehead atoms. The average molecular weight is 310 g/mol. The van der Waals surface area contributed by atoms with Crippen molar-refractivity contribution >= 4 is 28.3 Å². The minimum atomic E-state index is -0.0838. The molecule has 7 heteroatoms. The molecule has 0 aliphatic carbocycles. The fraction of sp³-hybridized carbons (Fsp3) is 0.643. The molecule has 1 aliphatic rings. The van der Waals surface area contributed by atoms with Crippen molar-refractivity contribution in [2.24, 2.45) is 5.92 Å². The van der Waals surface area contributed by atoms with Gasteiger partial charge >= 0.3 is 0 Å². The van der Waals surface area contributed by atoms with E-state index in [0.717, 1.165) is 25.9 Å². The van der Waals surface area contributed by atoms with Gasteiger partial charge in [0.15, 0.2) is 5.13 Å². The zero-order valence-corrected chi connectivity index (χ0v) is 13.3. The van der Waals surface area contributed by atoms with E-state index in [4.69, 9.17) is 0 Å². The number of thiazole rings is 1. The van der Waals surface area contributed by atoms with Gasteiger partial charge in [-0.2, -0.15) is 0 Å². The number of nitrogens with one attached hydrogen (secondary N) is 3. The zero-order chi connectivity index (χ0) is 15.2. The Morgan fingerprint density at radius 2 is 2.33 bits per heavy atom. The number of carbonyl (C=O) groups is 2. The van der Waals surface area contributed by atoms with E-state index in [2.05, 4.69) is 20.9 Å². The van der Waals surface area contributed by atoms with Gasteiger partial charge in [0.1, 0.15) is 0 Å². The maximum Gasteiger partial charge on any atom is 0.228 e. The first-order chi connectivity index (χ1) is 10.0. The van der Waals surface area contributed by atoms with Gasteiger partial charge in [0.25, 0.3) is 0 Å². The van der Waals surface area contributed by atoms with Crippen LogP contribution in [0, 0.1) is 5.92 Å². The minimum absolute atomic E-state index is 0.0178. The molecule has 0 radical (unpaired) electrons. The van der Waals surface area contributed by atoms with E-state index in [1.807, 2.05) is 19.2 Å². The highest BCUT2D eigenvalue weighted by atomic mass is 32.1. The Bertz CT molecular complexity index is 495. The van der Waals surface area contributed by atoms with Crippen molar-refractivity contribution in [1.82, 2.24) is 15.6 Å². The minimum Gasteiger partial charge on any atom is -0.352 e. The molecule has 1 aliphatic heterocycles. The number of nitrogens with zero attached hydrogens (tertiary/aromatic N) is 1. The summed E-state index contributed by atoms with van der Waals surface area (Å²) in [6, 6.07) is 0.213. The zero-order valence-electron chi connectivity index (χ0n) is 12.4. The van der Waals surface area contributed by atoms with Gasteiger partial charge in [-0.3, -0.25) is 9.59 Å². The largest absolute Gasteiger partial charge is 0.352 e. The number of aromatic nitrogens is 1. The summed E-state index contributed by atoms with van der Waals surface area (Å²) < 4.78 is 0. The second kappa shape index (κ2) is 7.51. The van der Waals surface area contributed by atoms with Crippen LogP contribution in [0.4, 0.5) is 5.13 Å². The lowest BCUT2D eigenvalue weighted by atomic mass is 10.1. The van der Waals surface area contributed by atoms with Gasteiger partial charge in [-0.05, 0) is 19.4 Å². The van der Waals surface area contributed by atoms with Crippen LogP contribution in [0.2, 0.25) is 0 Å². The van der Waals surface area contributed by atoms with Crippen LogP contribution in [-0.4, -0.2) is 35.9 Å². The summed E-state index contributed by atoms with van der Waals surface area (Å²) in [6.45, 7) is 5.51. The molecule has 2 rings (SSSR count). The van der Waals surface area contributed by atoms with Crippen molar-refractivity contribution in [3.05, 3.63) is 11.1 Å². The van der Waals surface area contributed by atoms with Gasteiger partial charge < -0.3 is 16.0 Å². The number of rotatable bonds is 5. The molecule has 1 unspecified atom stereocenters. The van der Waals surface area contributed by atoms with Crippen molar-refractivity contribution in [2.75, 3.05) is 18.4 Å². The maximum atomic E-state index is 12.0. The fourth-order valence-electron chi connectivity index (χ4n) is 2.11. The first-order valence-corrected chi connectivity index (χ1v) is 8.18. The molecule has 1 saturated heterocycles. The van der Waals surface area contributed by atoms with E-state index in [-0.39, 0.29) is 30.2 Å². The lowest BCUT2D eigenvalue weighted by molar-refractivity contribution is -0.121. The highest BCUT2D eigenvalue weighted by molar-refractivity contribution is 7.13. The molecule has 3 N–H and O–H groups in total. The summed E-state index contributed by atoms with van der Waals surface area (Å²) >= 11 is 1.35. The van der Waals surface area contributed by atoms with E-state index in [0.29, 0.717) is 10.8 Å². The second-order valence-corrected chi connectivity index (χ2v) is 6.43. The Morgan fingerprint density at radius 3 is 3.00 bits per heavy atom. The predicted octanol–water partition coefficient (Wildman–Crippen LogP) is 1.15. The van der Waals surface area contributed by atoms with Gasteiger partial charge in [-0.15, -0.1) is 11.3 Å². The van der Waals surface area contributed by atoms with E-state index in [9.17, 15) is 9.59 Å². The van der Waals surface area contributed by atoms with Crippen LogP contribution in [0.25, 0.3) is 0 Å².